The molecule has 1 aromatic heterocycles. The SMILES string of the molecule is CCCCCCCNc1ccc(-c2cccnc2)cc1C(=O)NC12CC3CC(CC(C3)C1)C2. The molecular formula is C29H39N3O. The van der Waals surface area contributed by atoms with Crippen LogP contribution in [-0.4, -0.2) is 23.0 Å². The van der Waals surface area contributed by atoms with Crippen molar-refractivity contribution < 1.29 is 4.79 Å². The van der Waals surface area contributed by atoms with Gasteiger partial charge in [-0.1, -0.05) is 44.7 Å². The molecule has 0 atom stereocenters. The van der Waals surface area contributed by atoms with E-state index in [0.29, 0.717) is 0 Å². The van der Waals surface area contributed by atoms with Gasteiger partial charge in [0.1, 0.15) is 0 Å². The Morgan fingerprint density at radius 1 is 0.970 bits per heavy atom. The standard InChI is InChI=1S/C29H39N3O/c1-2-3-4-5-6-12-31-27-10-9-24(25-8-7-11-30-20-25)16-26(27)28(33)32-29-17-21-13-22(18-29)15-23(14-21)19-29/h7-11,16,20-23,31H,2-6,12-15,17-19H2,1H3,(H,32,33). The van der Waals surface area contributed by atoms with Gasteiger partial charge in [0.25, 0.3) is 5.91 Å². The van der Waals surface area contributed by atoms with E-state index in [-0.39, 0.29) is 11.4 Å². The van der Waals surface area contributed by atoms with Crippen molar-refractivity contribution >= 4 is 11.6 Å². The van der Waals surface area contributed by atoms with Gasteiger partial charge in [0, 0.05) is 35.7 Å². The Morgan fingerprint density at radius 2 is 1.70 bits per heavy atom. The van der Waals surface area contributed by atoms with E-state index >= 15 is 0 Å². The Balaban J connectivity index is 1.34. The highest BCUT2D eigenvalue weighted by Crippen LogP contribution is 2.55. The van der Waals surface area contributed by atoms with E-state index in [2.05, 4.69) is 46.8 Å². The number of aromatic nitrogens is 1. The predicted octanol–water partition coefficient (Wildman–Crippen LogP) is 6.83. The molecule has 4 aliphatic carbocycles. The topological polar surface area (TPSA) is 54.0 Å². The largest absolute Gasteiger partial charge is 0.384 e. The molecule has 0 saturated heterocycles. The molecule has 0 spiro atoms. The molecule has 0 radical (unpaired) electrons. The average molecular weight is 446 g/mol. The number of anilines is 1. The highest BCUT2D eigenvalue weighted by molar-refractivity contribution is 6.01. The van der Waals surface area contributed by atoms with Crippen LogP contribution in [0.2, 0.25) is 0 Å². The molecule has 4 heteroatoms. The van der Waals surface area contributed by atoms with Crippen LogP contribution in [0.4, 0.5) is 5.69 Å². The zero-order chi connectivity index (χ0) is 22.7. The summed E-state index contributed by atoms with van der Waals surface area (Å²) >= 11 is 0. The molecule has 4 fully saturated rings. The van der Waals surface area contributed by atoms with Gasteiger partial charge in [0.15, 0.2) is 0 Å². The molecule has 2 N–H and O–H groups in total. The fraction of sp³-hybridized carbons (Fsp3) is 0.586. The molecule has 1 heterocycles. The first-order valence-electron chi connectivity index (χ1n) is 13.2. The summed E-state index contributed by atoms with van der Waals surface area (Å²) in [5, 5.41) is 7.17. The molecule has 1 amide bonds. The van der Waals surface area contributed by atoms with Crippen LogP contribution in [0.3, 0.4) is 0 Å². The lowest BCUT2D eigenvalue weighted by Crippen LogP contribution is -2.59. The number of hydrogen-bond donors (Lipinski definition) is 2. The summed E-state index contributed by atoms with van der Waals surface area (Å²) in [6.07, 6.45) is 17.6. The number of hydrogen-bond acceptors (Lipinski definition) is 3. The summed E-state index contributed by atoms with van der Waals surface area (Å²) in [6, 6.07) is 10.3. The second-order valence-corrected chi connectivity index (χ2v) is 11.0. The summed E-state index contributed by atoms with van der Waals surface area (Å²) in [5.74, 6) is 2.55. The minimum atomic E-state index is 0.0214. The zero-order valence-corrected chi connectivity index (χ0v) is 20.1. The Kier molecular flexibility index (Phi) is 6.71. The summed E-state index contributed by atoms with van der Waals surface area (Å²) in [6.45, 7) is 3.16. The number of amides is 1. The maximum absolute atomic E-state index is 13.7. The van der Waals surface area contributed by atoms with E-state index in [0.717, 1.165) is 53.1 Å². The first-order chi connectivity index (χ1) is 16.1. The number of unbranched alkanes of at least 4 members (excludes halogenated alkanes) is 4. The van der Waals surface area contributed by atoms with Crippen LogP contribution in [0.5, 0.6) is 0 Å². The third-order valence-electron chi connectivity index (χ3n) is 8.27. The summed E-state index contributed by atoms with van der Waals surface area (Å²) in [4.78, 5) is 18.0. The molecule has 33 heavy (non-hydrogen) atoms. The lowest BCUT2D eigenvalue weighted by atomic mass is 9.53. The van der Waals surface area contributed by atoms with Crippen LogP contribution in [0.25, 0.3) is 11.1 Å². The number of rotatable bonds is 10. The van der Waals surface area contributed by atoms with E-state index in [9.17, 15) is 4.79 Å². The minimum absolute atomic E-state index is 0.0214. The second-order valence-electron chi connectivity index (χ2n) is 11.0. The van der Waals surface area contributed by atoms with E-state index < -0.39 is 0 Å². The number of nitrogens with zero attached hydrogens (tertiary/aromatic N) is 1. The molecule has 176 valence electrons. The average Bonchev–Trinajstić information content (AvgIpc) is 2.81. The van der Waals surface area contributed by atoms with Crippen molar-refractivity contribution in [3.8, 4) is 11.1 Å². The van der Waals surface area contributed by atoms with Gasteiger partial charge in [-0.2, -0.15) is 0 Å². The fourth-order valence-electron chi connectivity index (χ4n) is 7.12. The Bertz CT molecular complexity index is 919. The molecule has 0 aliphatic heterocycles. The number of carbonyl (C=O) groups excluding carboxylic acids is 1. The van der Waals surface area contributed by atoms with Gasteiger partial charge in [-0.3, -0.25) is 9.78 Å². The van der Waals surface area contributed by atoms with Crippen molar-refractivity contribution in [2.24, 2.45) is 17.8 Å². The normalized spacial score (nSPS) is 27.5. The van der Waals surface area contributed by atoms with Gasteiger partial charge in [-0.25, -0.2) is 0 Å². The molecule has 4 saturated carbocycles. The van der Waals surface area contributed by atoms with E-state index in [4.69, 9.17) is 0 Å². The second kappa shape index (κ2) is 9.87. The van der Waals surface area contributed by atoms with Gasteiger partial charge < -0.3 is 10.6 Å². The van der Waals surface area contributed by atoms with Crippen LogP contribution in [0, 0.1) is 17.8 Å². The van der Waals surface area contributed by atoms with Crippen molar-refractivity contribution in [2.45, 2.75) is 83.1 Å². The molecule has 1 aromatic carbocycles. The van der Waals surface area contributed by atoms with Crippen molar-refractivity contribution in [1.29, 1.82) is 0 Å². The molecule has 4 nitrogen and oxygen atoms in total. The van der Waals surface area contributed by atoms with Gasteiger partial charge in [-0.05, 0) is 86.5 Å². The smallest absolute Gasteiger partial charge is 0.253 e. The van der Waals surface area contributed by atoms with Crippen LogP contribution in [0.1, 0.15) is 87.9 Å². The van der Waals surface area contributed by atoms with Crippen molar-refractivity contribution in [3.63, 3.8) is 0 Å². The first kappa shape index (κ1) is 22.4. The summed E-state index contributed by atoms with van der Waals surface area (Å²) in [5.41, 5.74) is 3.86. The van der Waals surface area contributed by atoms with Gasteiger partial charge >= 0.3 is 0 Å². The van der Waals surface area contributed by atoms with Crippen LogP contribution in [0.15, 0.2) is 42.7 Å². The van der Waals surface area contributed by atoms with Gasteiger partial charge in [0.2, 0.25) is 0 Å². The lowest BCUT2D eigenvalue weighted by Gasteiger charge is -2.56. The highest BCUT2D eigenvalue weighted by Gasteiger charge is 2.51. The Hall–Kier alpha value is -2.36. The Labute approximate surface area is 199 Å². The van der Waals surface area contributed by atoms with E-state index in [1.807, 2.05) is 12.3 Å². The summed E-state index contributed by atoms with van der Waals surface area (Å²) in [7, 11) is 0. The molecular weight excluding hydrogens is 406 g/mol. The quantitative estimate of drug-likeness (QED) is 0.394. The Morgan fingerprint density at radius 3 is 2.36 bits per heavy atom. The van der Waals surface area contributed by atoms with Crippen LogP contribution >= 0.6 is 0 Å². The summed E-state index contributed by atoms with van der Waals surface area (Å²) < 4.78 is 0. The van der Waals surface area contributed by atoms with Crippen LogP contribution in [-0.2, 0) is 0 Å². The molecule has 4 bridgehead atoms. The minimum Gasteiger partial charge on any atom is -0.384 e. The van der Waals surface area contributed by atoms with E-state index in [1.54, 1.807) is 6.20 Å². The maximum atomic E-state index is 13.7. The van der Waals surface area contributed by atoms with Gasteiger partial charge in [0.05, 0.1) is 5.56 Å². The van der Waals surface area contributed by atoms with Crippen molar-refractivity contribution in [3.05, 3.63) is 48.3 Å². The first-order valence-corrected chi connectivity index (χ1v) is 13.2. The molecule has 6 rings (SSSR count). The maximum Gasteiger partial charge on any atom is 0.253 e. The van der Waals surface area contributed by atoms with Crippen molar-refractivity contribution in [2.75, 3.05) is 11.9 Å². The van der Waals surface area contributed by atoms with E-state index in [1.165, 1.54) is 64.2 Å². The number of pyridine rings is 1. The van der Waals surface area contributed by atoms with Crippen molar-refractivity contribution in [1.82, 2.24) is 10.3 Å². The lowest BCUT2D eigenvalue weighted by molar-refractivity contribution is -0.0166. The number of nitrogens with one attached hydrogen (secondary N) is 2. The molecule has 4 aliphatic rings. The fourth-order valence-corrected chi connectivity index (χ4v) is 7.12. The van der Waals surface area contributed by atoms with Gasteiger partial charge in [-0.15, -0.1) is 0 Å². The molecule has 0 unspecified atom stereocenters. The third kappa shape index (κ3) is 5.10. The zero-order valence-electron chi connectivity index (χ0n) is 20.1. The van der Waals surface area contributed by atoms with Crippen LogP contribution < -0.4 is 10.6 Å². The number of benzene rings is 1. The monoisotopic (exact) mass is 445 g/mol. The molecule has 2 aromatic rings. The highest BCUT2D eigenvalue weighted by atomic mass is 16.1. The third-order valence-corrected chi connectivity index (χ3v) is 8.27. The number of carbonyl (C=O) groups is 1. The predicted molar refractivity (Wildman–Crippen MR) is 135 cm³/mol.